The molecule has 3 heterocycles. The summed E-state index contributed by atoms with van der Waals surface area (Å²) in [5.41, 5.74) is 4.56. The van der Waals surface area contributed by atoms with Crippen molar-refractivity contribution in [2.24, 2.45) is 13.0 Å². The van der Waals surface area contributed by atoms with Gasteiger partial charge in [0.25, 0.3) is 10.0 Å². The van der Waals surface area contributed by atoms with Gasteiger partial charge in [-0.3, -0.25) is 5.32 Å². The second kappa shape index (κ2) is 11.7. The van der Waals surface area contributed by atoms with Crippen LogP contribution in [0.25, 0.3) is 5.69 Å². The lowest BCUT2D eigenvalue weighted by molar-refractivity contribution is 0.262. The molecule has 42 heavy (non-hydrogen) atoms. The van der Waals surface area contributed by atoms with Crippen LogP contribution in [0.1, 0.15) is 50.4 Å². The summed E-state index contributed by atoms with van der Waals surface area (Å²) in [7, 11) is -1.79. The van der Waals surface area contributed by atoms with Gasteiger partial charge in [0.15, 0.2) is 5.03 Å². The summed E-state index contributed by atoms with van der Waals surface area (Å²) in [5, 5.41) is 10.8. The molecule has 2 aromatic heterocycles. The molecule has 222 valence electrons. The van der Waals surface area contributed by atoms with Crippen LogP contribution in [0.3, 0.4) is 0 Å². The first-order chi connectivity index (χ1) is 19.9. The molecule has 0 aliphatic carbocycles. The summed E-state index contributed by atoms with van der Waals surface area (Å²) in [6.07, 6.45) is 5.48. The Morgan fingerprint density at radius 1 is 1.00 bits per heavy atom. The Morgan fingerprint density at radius 3 is 2.26 bits per heavy atom. The highest BCUT2D eigenvalue weighted by Gasteiger charge is 2.31. The van der Waals surface area contributed by atoms with E-state index < -0.39 is 10.0 Å². The Morgan fingerprint density at radius 2 is 1.67 bits per heavy atom. The van der Waals surface area contributed by atoms with Crippen molar-refractivity contribution in [1.82, 2.24) is 23.6 Å². The summed E-state index contributed by atoms with van der Waals surface area (Å²) in [5.74, 6) is 0.982. The highest BCUT2D eigenvalue weighted by atomic mass is 32.2. The van der Waals surface area contributed by atoms with E-state index in [2.05, 4.69) is 36.4 Å². The molecule has 5 rings (SSSR count). The molecule has 1 aliphatic rings. The zero-order chi connectivity index (χ0) is 30.1. The van der Waals surface area contributed by atoms with Crippen molar-refractivity contribution in [2.75, 3.05) is 23.7 Å². The Kier molecular flexibility index (Phi) is 8.25. The first kappa shape index (κ1) is 29.5. The number of nitrogens with zero attached hydrogens (tertiary/aromatic N) is 5. The van der Waals surface area contributed by atoms with Crippen LogP contribution in [0.2, 0.25) is 0 Å². The van der Waals surface area contributed by atoms with Crippen LogP contribution in [-0.4, -0.2) is 51.2 Å². The number of amides is 2. The Bertz CT molecular complexity index is 1640. The highest BCUT2D eigenvalue weighted by Crippen LogP contribution is 2.28. The third kappa shape index (κ3) is 6.74. The molecule has 4 aromatic rings. The van der Waals surface area contributed by atoms with Crippen molar-refractivity contribution in [2.45, 2.75) is 57.4 Å². The van der Waals surface area contributed by atoms with Gasteiger partial charge in [0.05, 0.1) is 17.7 Å². The van der Waals surface area contributed by atoms with Crippen LogP contribution >= 0.6 is 0 Å². The molecule has 1 aliphatic heterocycles. The Labute approximate surface area is 247 Å². The Balaban J connectivity index is 1.18. The number of anilines is 2. The van der Waals surface area contributed by atoms with E-state index in [0.717, 1.165) is 41.8 Å². The maximum atomic E-state index is 13.0. The van der Waals surface area contributed by atoms with E-state index in [1.54, 1.807) is 22.5 Å². The number of aryl methyl sites for hydroxylation is 2. The number of hydrogen-bond acceptors (Lipinski definition) is 5. The number of aromatic nitrogens is 4. The highest BCUT2D eigenvalue weighted by molar-refractivity contribution is 7.89. The number of carbonyl (C=O) groups is 1. The minimum atomic E-state index is -3.55. The molecule has 0 saturated carbocycles. The molecular weight excluding hydrogens is 550 g/mol. The summed E-state index contributed by atoms with van der Waals surface area (Å²) in [6, 6.07) is 17.4. The molecule has 0 spiro atoms. The molecule has 2 amide bonds. The predicted molar refractivity (Wildman–Crippen MR) is 164 cm³/mol. The van der Waals surface area contributed by atoms with E-state index in [-0.39, 0.29) is 16.5 Å². The standard InChI is InChI=1S/C31H39N7O3S/c1-22-6-12-26(13-7-22)38-28(19-27(35-38)31(2,3)4)34-30(39)33-25-10-8-23(9-11-25)18-24-14-16-37(17-15-24)42(40,41)29-20-36(5)21-32-29/h6-13,19-21,24H,14-18H2,1-5H3,(H2,33,34,39). The van der Waals surface area contributed by atoms with Gasteiger partial charge in [-0.1, -0.05) is 50.6 Å². The largest absolute Gasteiger partial charge is 0.339 e. The topological polar surface area (TPSA) is 114 Å². The number of nitrogens with one attached hydrogen (secondary N) is 2. The molecular formula is C31H39N7O3S. The number of urea groups is 1. The lowest BCUT2D eigenvalue weighted by atomic mass is 9.91. The van der Waals surface area contributed by atoms with Crippen LogP contribution in [-0.2, 0) is 28.9 Å². The fourth-order valence-corrected chi connectivity index (χ4v) is 6.50. The van der Waals surface area contributed by atoms with Gasteiger partial charge in [-0.25, -0.2) is 22.9 Å². The lowest BCUT2D eigenvalue weighted by Crippen LogP contribution is -2.39. The molecule has 10 nitrogen and oxygen atoms in total. The summed E-state index contributed by atoms with van der Waals surface area (Å²) >= 11 is 0. The minimum Gasteiger partial charge on any atom is -0.339 e. The van der Waals surface area contributed by atoms with Gasteiger partial charge in [0, 0.05) is 43.5 Å². The lowest BCUT2D eigenvalue weighted by Gasteiger charge is -2.30. The first-order valence-corrected chi connectivity index (χ1v) is 15.6. The van der Waals surface area contributed by atoms with Crippen LogP contribution in [0.4, 0.5) is 16.3 Å². The fraction of sp³-hybridized carbons (Fsp3) is 0.387. The average molecular weight is 590 g/mol. The molecule has 2 N–H and O–H groups in total. The van der Waals surface area contributed by atoms with Crippen molar-refractivity contribution in [1.29, 1.82) is 0 Å². The second-order valence-corrected chi connectivity index (χ2v) is 14.0. The third-order valence-electron chi connectivity index (χ3n) is 7.59. The smallest absolute Gasteiger partial charge is 0.324 e. The van der Waals surface area contributed by atoms with Crippen LogP contribution in [0.15, 0.2) is 72.1 Å². The molecule has 2 aromatic carbocycles. The zero-order valence-corrected chi connectivity index (χ0v) is 25.6. The van der Waals surface area contributed by atoms with Crippen molar-refractivity contribution in [3.63, 3.8) is 0 Å². The van der Waals surface area contributed by atoms with Crippen LogP contribution in [0.5, 0.6) is 0 Å². The van der Waals surface area contributed by atoms with Gasteiger partial charge in [-0.05, 0) is 61.9 Å². The number of carbonyl (C=O) groups excluding carboxylic acids is 1. The van der Waals surface area contributed by atoms with Crippen molar-refractivity contribution >= 4 is 27.6 Å². The van der Waals surface area contributed by atoms with Crippen molar-refractivity contribution < 1.29 is 13.2 Å². The van der Waals surface area contributed by atoms with E-state index >= 15 is 0 Å². The average Bonchev–Trinajstić information content (AvgIpc) is 3.57. The molecule has 11 heteroatoms. The van der Waals surface area contributed by atoms with Gasteiger partial charge >= 0.3 is 6.03 Å². The number of sulfonamides is 1. The van der Waals surface area contributed by atoms with Gasteiger partial charge in [-0.2, -0.15) is 9.40 Å². The van der Waals surface area contributed by atoms with E-state index in [9.17, 15) is 13.2 Å². The molecule has 1 saturated heterocycles. The molecule has 0 unspecified atom stereocenters. The quantitative estimate of drug-likeness (QED) is 0.296. The fourth-order valence-electron chi connectivity index (χ4n) is 5.06. The van der Waals surface area contributed by atoms with E-state index in [1.807, 2.05) is 61.5 Å². The summed E-state index contributed by atoms with van der Waals surface area (Å²) < 4.78 is 30.7. The molecule has 0 atom stereocenters. The van der Waals surface area contributed by atoms with E-state index in [1.165, 1.54) is 10.6 Å². The molecule has 1 fully saturated rings. The predicted octanol–water partition coefficient (Wildman–Crippen LogP) is 5.50. The summed E-state index contributed by atoms with van der Waals surface area (Å²) in [4.78, 5) is 17.0. The monoisotopic (exact) mass is 589 g/mol. The van der Waals surface area contributed by atoms with Crippen molar-refractivity contribution in [3.05, 3.63) is 83.9 Å². The number of rotatable bonds is 7. The number of piperidine rings is 1. The van der Waals surface area contributed by atoms with Gasteiger partial charge in [0.1, 0.15) is 5.82 Å². The number of benzene rings is 2. The van der Waals surface area contributed by atoms with E-state index in [4.69, 9.17) is 5.10 Å². The number of imidazole rings is 1. The van der Waals surface area contributed by atoms with E-state index in [0.29, 0.717) is 30.5 Å². The van der Waals surface area contributed by atoms with Crippen LogP contribution in [0, 0.1) is 12.8 Å². The summed E-state index contributed by atoms with van der Waals surface area (Å²) in [6.45, 7) is 9.28. The second-order valence-electron chi connectivity index (χ2n) is 12.1. The normalized spacial score (nSPS) is 15.1. The van der Waals surface area contributed by atoms with Gasteiger partial charge in [0.2, 0.25) is 0 Å². The van der Waals surface area contributed by atoms with Gasteiger partial charge in [-0.15, -0.1) is 0 Å². The third-order valence-corrected chi connectivity index (χ3v) is 9.38. The maximum Gasteiger partial charge on any atom is 0.324 e. The van der Waals surface area contributed by atoms with Crippen LogP contribution < -0.4 is 10.6 Å². The number of hydrogen-bond donors (Lipinski definition) is 2. The minimum absolute atomic E-state index is 0.102. The SMILES string of the molecule is Cc1ccc(-n2nc(C(C)(C)C)cc2NC(=O)Nc2ccc(CC3CCN(S(=O)(=O)c4cn(C)cn4)CC3)cc2)cc1. The first-order valence-electron chi connectivity index (χ1n) is 14.2. The zero-order valence-electron chi connectivity index (χ0n) is 24.8. The molecule has 0 bridgehead atoms. The molecule has 0 radical (unpaired) electrons. The van der Waals surface area contributed by atoms with Crippen molar-refractivity contribution in [3.8, 4) is 5.69 Å². The van der Waals surface area contributed by atoms with Gasteiger partial charge < -0.3 is 9.88 Å². The Hall–Kier alpha value is -3.96. The maximum absolute atomic E-state index is 13.0.